The SMILES string of the molecule is CCCCCCCCC1(CCCCCCCC)c2cc(C)ccc2-c2ccc(-c3ccc(N(c4ccc(C)cc4)c4ccc(-c5ccc6c(c5)c5ccccc5n6-c5cccc(-c6cccc(-c7cccc(-c8ccccc8)c7)c6)c5)cc4)cc3)cc21. The molecular weight excluding hydrogens is 1050 g/mol. The molecule has 1 heterocycles. The Kier molecular flexibility index (Phi) is 17.0. The van der Waals surface area contributed by atoms with Crippen LogP contribution >= 0.6 is 0 Å². The van der Waals surface area contributed by atoms with Crippen molar-refractivity contribution in [3.05, 3.63) is 277 Å². The van der Waals surface area contributed by atoms with Gasteiger partial charge >= 0.3 is 0 Å². The molecule has 0 N–H and O–H groups in total. The Labute approximate surface area is 517 Å². The van der Waals surface area contributed by atoms with Crippen LogP contribution in [0.1, 0.15) is 126 Å². The molecule has 1 aliphatic carbocycles. The first-order valence-electron chi connectivity index (χ1n) is 32.6. The highest BCUT2D eigenvalue weighted by molar-refractivity contribution is 6.10. The van der Waals surface area contributed by atoms with E-state index in [1.54, 1.807) is 11.1 Å². The Balaban J connectivity index is 0.790. The van der Waals surface area contributed by atoms with Crippen molar-refractivity contribution >= 4 is 38.9 Å². The van der Waals surface area contributed by atoms with Crippen LogP contribution in [0.3, 0.4) is 0 Å². The lowest BCUT2D eigenvalue weighted by Gasteiger charge is -2.33. The Morgan fingerprint density at radius 3 is 1.32 bits per heavy atom. The summed E-state index contributed by atoms with van der Waals surface area (Å²) in [5.74, 6) is 0. The fraction of sp³-hybridized carbons (Fsp3) is 0.224. The molecule has 2 nitrogen and oxygen atoms in total. The molecule has 0 saturated heterocycles. The highest BCUT2D eigenvalue weighted by Crippen LogP contribution is 2.55. The monoisotopic (exact) mass is 1130 g/mol. The number of rotatable bonds is 23. The van der Waals surface area contributed by atoms with E-state index in [1.165, 1.54) is 190 Å². The minimum atomic E-state index is 0.0425. The van der Waals surface area contributed by atoms with E-state index < -0.39 is 0 Å². The molecule has 0 aliphatic heterocycles. The zero-order valence-electron chi connectivity index (χ0n) is 51.5. The Bertz CT molecular complexity index is 4300. The third-order valence-electron chi connectivity index (χ3n) is 18.9. The van der Waals surface area contributed by atoms with E-state index in [0.717, 1.165) is 22.7 Å². The standard InChI is InChI=1S/C85H82N2/c1-5-7-9-11-13-20-53-85(54-21-14-12-10-8-6-2)81-55-62(4)37-50-77(81)78-51-42-72(60-82(78)85)65-40-48-75(49-41-65)86(73-44-35-61(3)36-45-73)74-46-38-64(39-47-74)71-43-52-84-80(59-71)79-33-18-19-34-83(79)87(84)76-32-24-31-70(58-76)69-30-23-29-68(57-69)67-28-22-27-66(56-67)63-25-16-15-17-26-63/h15-19,22-52,55-60H,5-14,20-21,53-54H2,1-4H3. The van der Waals surface area contributed by atoms with Gasteiger partial charge in [-0.2, -0.15) is 0 Å². The minimum absolute atomic E-state index is 0.0425. The molecule has 0 amide bonds. The van der Waals surface area contributed by atoms with Crippen LogP contribution < -0.4 is 4.90 Å². The van der Waals surface area contributed by atoms with E-state index in [9.17, 15) is 0 Å². The van der Waals surface area contributed by atoms with Crippen LogP contribution in [0.4, 0.5) is 17.1 Å². The van der Waals surface area contributed by atoms with Crippen LogP contribution in [0.25, 0.3) is 94.3 Å². The van der Waals surface area contributed by atoms with Crippen LogP contribution in [0, 0.1) is 13.8 Å². The average molecular weight is 1130 g/mol. The third-order valence-corrected chi connectivity index (χ3v) is 18.9. The first-order chi connectivity index (χ1) is 42.8. The van der Waals surface area contributed by atoms with Crippen molar-refractivity contribution in [2.75, 3.05) is 4.90 Å². The zero-order chi connectivity index (χ0) is 59.1. The summed E-state index contributed by atoms with van der Waals surface area (Å²) >= 11 is 0. The Hall–Kier alpha value is -8.98. The summed E-state index contributed by atoms with van der Waals surface area (Å²) in [6.07, 6.45) is 18.3. The van der Waals surface area contributed by atoms with Gasteiger partial charge in [-0.3, -0.25) is 0 Å². The molecule has 1 aliphatic rings. The predicted molar refractivity (Wildman–Crippen MR) is 374 cm³/mol. The molecule has 0 unspecified atom stereocenters. The number of fused-ring (bicyclic) bond motifs is 6. The molecule has 1 aromatic heterocycles. The number of anilines is 3. The zero-order valence-corrected chi connectivity index (χ0v) is 51.5. The molecule has 432 valence electrons. The van der Waals surface area contributed by atoms with Gasteiger partial charge in [0.2, 0.25) is 0 Å². The van der Waals surface area contributed by atoms with E-state index >= 15 is 0 Å². The van der Waals surface area contributed by atoms with Gasteiger partial charge in [0.15, 0.2) is 0 Å². The van der Waals surface area contributed by atoms with Crippen molar-refractivity contribution in [3.8, 4) is 72.4 Å². The summed E-state index contributed by atoms with van der Waals surface area (Å²) in [7, 11) is 0. The molecule has 2 heteroatoms. The number of unbranched alkanes of at least 4 members (excludes halogenated alkanes) is 10. The number of benzene rings is 11. The van der Waals surface area contributed by atoms with Crippen molar-refractivity contribution in [1.29, 1.82) is 0 Å². The second-order valence-corrected chi connectivity index (χ2v) is 24.9. The van der Waals surface area contributed by atoms with E-state index in [2.05, 4.69) is 292 Å². The molecule has 0 saturated carbocycles. The van der Waals surface area contributed by atoms with E-state index in [0.29, 0.717) is 0 Å². The lowest BCUT2D eigenvalue weighted by Crippen LogP contribution is -2.25. The normalized spacial score (nSPS) is 12.4. The van der Waals surface area contributed by atoms with Crippen molar-refractivity contribution in [2.45, 2.75) is 123 Å². The van der Waals surface area contributed by atoms with Gasteiger partial charge in [-0.1, -0.05) is 272 Å². The highest BCUT2D eigenvalue weighted by atomic mass is 15.1. The van der Waals surface area contributed by atoms with Gasteiger partial charge in [-0.15, -0.1) is 0 Å². The van der Waals surface area contributed by atoms with Crippen LogP contribution in [-0.2, 0) is 5.41 Å². The molecule has 0 atom stereocenters. The lowest BCUT2D eigenvalue weighted by atomic mass is 9.70. The van der Waals surface area contributed by atoms with Crippen LogP contribution in [-0.4, -0.2) is 4.57 Å². The van der Waals surface area contributed by atoms with Crippen LogP contribution in [0.5, 0.6) is 0 Å². The third kappa shape index (κ3) is 11.9. The molecule has 0 bridgehead atoms. The van der Waals surface area contributed by atoms with Crippen LogP contribution in [0.15, 0.2) is 255 Å². The summed E-state index contributed by atoms with van der Waals surface area (Å²) in [6, 6.07) is 95.7. The molecule has 0 spiro atoms. The molecule has 0 fully saturated rings. The van der Waals surface area contributed by atoms with Crippen molar-refractivity contribution in [1.82, 2.24) is 4.57 Å². The smallest absolute Gasteiger partial charge is 0.0541 e. The maximum atomic E-state index is 2.60. The maximum absolute atomic E-state index is 2.60. The maximum Gasteiger partial charge on any atom is 0.0541 e. The summed E-state index contributed by atoms with van der Waals surface area (Å²) in [5.41, 5.74) is 27.8. The lowest BCUT2D eigenvalue weighted by molar-refractivity contribution is 0.398. The molecule has 87 heavy (non-hydrogen) atoms. The van der Waals surface area contributed by atoms with Gasteiger partial charge in [-0.05, 0) is 190 Å². The molecular formula is C85H82N2. The number of aryl methyl sites for hydroxylation is 2. The van der Waals surface area contributed by atoms with Gasteiger partial charge in [0.05, 0.1) is 11.0 Å². The second kappa shape index (κ2) is 25.9. The van der Waals surface area contributed by atoms with Crippen molar-refractivity contribution < 1.29 is 0 Å². The first kappa shape index (κ1) is 57.1. The van der Waals surface area contributed by atoms with Crippen LogP contribution in [0.2, 0.25) is 0 Å². The Morgan fingerprint density at radius 2 is 0.713 bits per heavy atom. The highest BCUT2D eigenvalue weighted by Gasteiger charge is 2.42. The molecule has 13 rings (SSSR count). The van der Waals surface area contributed by atoms with Gasteiger partial charge < -0.3 is 9.47 Å². The number of nitrogens with zero attached hydrogens (tertiary/aromatic N) is 2. The molecule has 11 aromatic carbocycles. The van der Waals surface area contributed by atoms with Crippen molar-refractivity contribution in [2.24, 2.45) is 0 Å². The largest absolute Gasteiger partial charge is 0.311 e. The van der Waals surface area contributed by atoms with Gasteiger partial charge in [-0.25, -0.2) is 0 Å². The summed E-state index contributed by atoms with van der Waals surface area (Å²) < 4.78 is 2.44. The summed E-state index contributed by atoms with van der Waals surface area (Å²) in [6.45, 7) is 9.11. The van der Waals surface area contributed by atoms with Crippen molar-refractivity contribution in [3.63, 3.8) is 0 Å². The number of hydrogen-bond acceptors (Lipinski definition) is 1. The second-order valence-electron chi connectivity index (χ2n) is 24.9. The average Bonchev–Trinajstić information content (AvgIpc) is 1.69. The number of hydrogen-bond donors (Lipinski definition) is 0. The first-order valence-corrected chi connectivity index (χ1v) is 32.6. The quantitative estimate of drug-likeness (QED) is 0.0580. The van der Waals surface area contributed by atoms with Gasteiger partial charge in [0.1, 0.15) is 0 Å². The molecule has 12 aromatic rings. The minimum Gasteiger partial charge on any atom is -0.311 e. The fourth-order valence-corrected chi connectivity index (χ4v) is 14.3. The Morgan fingerprint density at radius 1 is 0.299 bits per heavy atom. The molecule has 0 radical (unpaired) electrons. The van der Waals surface area contributed by atoms with E-state index in [1.807, 2.05) is 0 Å². The topological polar surface area (TPSA) is 8.17 Å². The number of aromatic nitrogens is 1. The predicted octanol–water partition coefficient (Wildman–Crippen LogP) is 25.0. The summed E-state index contributed by atoms with van der Waals surface area (Å²) in [5, 5.41) is 2.48. The fourth-order valence-electron chi connectivity index (χ4n) is 14.3. The van der Waals surface area contributed by atoms with Gasteiger partial charge in [0, 0.05) is 38.9 Å². The summed E-state index contributed by atoms with van der Waals surface area (Å²) in [4.78, 5) is 2.41. The van der Waals surface area contributed by atoms with Gasteiger partial charge in [0.25, 0.3) is 0 Å². The number of para-hydroxylation sites is 1. The van der Waals surface area contributed by atoms with E-state index in [4.69, 9.17) is 0 Å². The van der Waals surface area contributed by atoms with E-state index in [-0.39, 0.29) is 5.41 Å².